The van der Waals surface area contributed by atoms with Crippen LogP contribution >= 0.6 is 0 Å². The third-order valence-electron chi connectivity index (χ3n) is 2.33. The molecule has 0 atom stereocenters. The van der Waals surface area contributed by atoms with Gasteiger partial charge in [-0.15, -0.1) is 0 Å². The van der Waals surface area contributed by atoms with E-state index in [4.69, 9.17) is 10.4 Å². The molecule has 1 rings (SSSR count). The summed E-state index contributed by atoms with van der Waals surface area (Å²) in [6, 6.07) is 8.98. The minimum absolute atomic E-state index is 0.328. The summed E-state index contributed by atoms with van der Waals surface area (Å²) >= 11 is 0. The zero-order valence-corrected chi connectivity index (χ0v) is 8.82. The monoisotopic (exact) mass is 203 g/mol. The van der Waals surface area contributed by atoms with E-state index >= 15 is 0 Å². The van der Waals surface area contributed by atoms with Gasteiger partial charge in [-0.1, -0.05) is 18.2 Å². The van der Waals surface area contributed by atoms with Crippen LogP contribution in [0.25, 0.3) is 0 Å². The van der Waals surface area contributed by atoms with Crippen LogP contribution in [-0.4, -0.2) is 17.5 Å². The van der Waals surface area contributed by atoms with E-state index in [1.54, 1.807) is 38.1 Å². The van der Waals surface area contributed by atoms with Crippen LogP contribution in [0.4, 0.5) is 0 Å². The van der Waals surface area contributed by atoms with Crippen molar-refractivity contribution in [1.29, 1.82) is 5.26 Å². The number of nitrogens with zero attached hydrogens (tertiary/aromatic N) is 1. The fourth-order valence-electron chi connectivity index (χ4n) is 1.24. The van der Waals surface area contributed by atoms with Crippen LogP contribution in [0.5, 0.6) is 0 Å². The Hall–Kier alpha value is -1.66. The zero-order valence-electron chi connectivity index (χ0n) is 8.82. The van der Waals surface area contributed by atoms with Gasteiger partial charge in [0, 0.05) is 5.56 Å². The van der Waals surface area contributed by atoms with Crippen LogP contribution in [0.15, 0.2) is 24.3 Å². The number of aliphatic hydroxyl groups is 1. The van der Waals surface area contributed by atoms with Crippen LogP contribution in [-0.2, 0) is 5.41 Å². The van der Waals surface area contributed by atoms with Crippen molar-refractivity contribution in [2.75, 3.05) is 6.61 Å². The first-order chi connectivity index (χ1) is 7.01. The molecule has 0 heterocycles. The van der Waals surface area contributed by atoms with Gasteiger partial charge in [0.2, 0.25) is 0 Å². The first-order valence-corrected chi connectivity index (χ1v) is 4.67. The zero-order chi connectivity index (χ0) is 11.5. The van der Waals surface area contributed by atoms with Gasteiger partial charge < -0.3 is 5.11 Å². The molecule has 0 aromatic heterocycles. The number of carbonyl (C=O) groups is 1. The largest absolute Gasteiger partial charge is 0.388 e. The number of benzene rings is 1. The molecular formula is C12H13NO2. The summed E-state index contributed by atoms with van der Waals surface area (Å²) < 4.78 is 0. The van der Waals surface area contributed by atoms with E-state index in [2.05, 4.69) is 6.07 Å². The Labute approximate surface area is 89.0 Å². The summed E-state index contributed by atoms with van der Waals surface area (Å²) in [7, 11) is 0. The summed E-state index contributed by atoms with van der Waals surface area (Å²) in [6.07, 6.45) is 0. The number of carbonyl (C=O) groups excluding carboxylic acids is 1. The van der Waals surface area contributed by atoms with Crippen LogP contribution in [0.1, 0.15) is 29.8 Å². The molecule has 0 radical (unpaired) electrons. The van der Waals surface area contributed by atoms with Gasteiger partial charge in [-0.05, 0) is 25.5 Å². The SMILES string of the molecule is CC(C)(C#N)c1cccc(C(=O)CO)c1. The van der Waals surface area contributed by atoms with E-state index in [1.807, 2.05) is 0 Å². The van der Waals surface area contributed by atoms with E-state index < -0.39 is 12.0 Å². The molecule has 0 aliphatic heterocycles. The molecule has 1 aromatic rings. The lowest BCUT2D eigenvalue weighted by Gasteiger charge is -2.16. The highest BCUT2D eigenvalue weighted by Crippen LogP contribution is 2.22. The molecule has 0 spiro atoms. The number of hydrogen-bond acceptors (Lipinski definition) is 3. The van der Waals surface area contributed by atoms with Crippen LogP contribution in [0.2, 0.25) is 0 Å². The smallest absolute Gasteiger partial charge is 0.188 e. The summed E-state index contributed by atoms with van der Waals surface area (Å²) in [5.74, 6) is -0.328. The van der Waals surface area contributed by atoms with Crippen molar-refractivity contribution in [2.24, 2.45) is 0 Å². The molecule has 0 saturated heterocycles. The van der Waals surface area contributed by atoms with Gasteiger partial charge in [0.15, 0.2) is 5.78 Å². The fraction of sp³-hybridized carbons (Fsp3) is 0.333. The average Bonchev–Trinajstić information content (AvgIpc) is 2.28. The molecule has 15 heavy (non-hydrogen) atoms. The van der Waals surface area contributed by atoms with Crippen molar-refractivity contribution in [1.82, 2.24) is 0 Å². The Morgan fingerprint density at radius 3 is 2.73 bits per heavy atom. The fourth-order valence-corrected chi connectivity index (χ4v) is 1.24. The normalized spacial score (nSPS) is 10.8. The Morgan fingerprint density at radius 2 is 2.20 bits per heavy atom. The second-order valence-corrected chi connectivity index (χ2v) is 3.90. The van der Waals surface area contributed by atoms with Crippen molar-refractivity contribution in [2.45, 2.75) is 19.3 Å². The summed E-state index contributed by atoms with van der Waals surface area (Å²) in [5.41, 5.74) is 0.605. The molecule has 1 N–H and O–H groups in total. The number of Topliss-reactive ketones (excluding diaryl/α,β-unsaturated/α-hetero) is 1. The molecule has 0 saturated carbocycles. The first-order valence-electron chi connectivity index (χ1n) is 4.67. The second-order valence-electron chi connectivity index (χ2n) is 3.90. The molecule has 3 heteroatoms. The molecule has 0 unspecified atom stereocenters. The molecular weight excluding hydrogens is 190 g/mol. The minimum atomic E-state index is -0.619. The number of rotatable bonds is 3. The molecule has 0 bridgehead atoms. The third-order valence-corrected chi connectivity index (χ3v) is 2.33. The van der Waals surface area contributed by atoms with Crippen LogP contribution < -0.4 is 0 Å². The number of ketones is 1. The maximum Gasteiger partial charge on any atom is 0.188 e. The average molecular weight is 203 g/mol. The van der Waals surface area contributed by atoms with Gasteiger partial charge in [0.05, 0.1) is 11.5 Å². The summed E-state index contributed by atoms with van der Waals surface area (Å²) in [4.78, 5) is 11.2. The lowest BCUT2D eigenvalue weighted by atomic mass is 9.85. The molecule has 0 fully saturated rings. The predicted molar refractivity (Wildman–Crippen MR) is 56.5 cm³/mol. The van der Waals surface area contributed by atoms with E-state index in [0.29, 0.717) is 5.56 Å². The van der Waals surface area contributed by atoms with Crippen LogP contribution in [0.3, 0.4) is 0 Å². The Kier molecular flexibility index (Phi) is 3.23. The van der Waals surface area contributed by atoms with E-state index in [9.17, 15) is 4.79 Å². The third kappa shape index (κ3) is 2.42. The van der Waals surface area contributed by atoms with Crippen molar-refractivity contribution < 1.29 is 9.90 Å². The highest BCUT2D eigenvalue weighted by Gasteiger charge is 2.20. The second kappa shape index (κ2) is 4.24. The maximum atomic E-state index is 11.2. The van der Waals surface area contributed by atoms with E-state index in [-0.39, 0.29) is 5.78 Å². The van der Waals surface area contributed by atoms with Crippen molar-refractivity contribution in [3.8, 4) is 6.07 Å². The van der Waals surface area contributed by atoms with Gasteiger partial charge >= 0.3 is 0 Å². The number of hydrogen-bond donors (Lipinski definition) is 1. The summed E-state index contributed by atoms with van der Waals surface area (Å²) in [5, 5.41) is 17.7. The molecule has 0 aliphatic carbocycles. The highest BCUT2D eigenvalue weighted by molar-refractivity contribution is 5.97. The standard InChI is InChI=1S/C12H13NO2/c1-12(2,8-13)10-5-3-4-9(6-10)11(15)7-14/h3-6,14H,7H2,1-2H3. The van der Waals surface area contributed by atoms with Crippen molar-refractivity contribution >= 4 is 5.78 Å². The summed E-state index contributed by atoms with van der Waals surface area (Å²) in [6.45, 7) is 3.07. The molecule has 1 aromatic carbocycles. The molecule has 3 nitrogen and oxygen atoms in total. The van der Waals surface area contributed by atoms with Gasteiger partial charge in [-0.25, -0.2) is 0 Å². The van der Waals surface area contributed by atoms with Gasteiger partial charge in [-0.3, -0.25) is 4.79 Å². The molecule has 78 valence electrons. The topological polar surface area (TPSA) is 61.1 Å². The molecule has 0 amide bonds. The van der Waals surface area contributed by atoms with E-state index in [1.165, 1.54) is 0 Å². The lowest BCUT2D eigenvalue weighted by Crippen LogP contribution is -2.15. The quantitative estimate of drug-likeness (QED) is 0.760. The first kappa shape index (κ1) is 11.4. The van der Waals surface area contributed by atoms with E-state index in [0.717, 1.165) is 5.56 Å². The number of nitriles is 1. The predicted octanol–water partition coefficient (Wildman–Crippen LogP) is 1.66. The van der Waals surface area contributed by atoms with Crippen molar-refractivity contribution in [3.63, 3.8) is 0 Å². The minimum Gasteiger partial charge on any atom is -0.388 e. The van der Waals surface area contributed by atoms with Gasteiger partial charge in [0.25, 0.3) is 0 Å². The molecule has 0 aliphatic rings. The van der Waals surface area contributed by atoms with Crippen molar-refractivity contribution in [3.05, 3.63) is 35.4 Å². The Morgan fingerprint density at radius 1 is 1.53 bits per heavy atom. The lowest BCUT2D eigenvalue weighted by molar-refractivity contribution is 0.0903. The highest BCUT2D eigenvalue weighted by atomic mass is 16.3. The maximum absolute atomic E-state index is 11.2. The van der Waals surface area contributed by atoms with Crippen LogP contribution in [0, 0.1) is 11.3 Å². The Bertz CT molecular complexity index is 416. The van der Waals surface area contributed by atoms with Gasteiger partial charge in [-0.2, -0.15) is 5.26 Å². The Balaban J connectivity index is 3.15. The number of aliphatic hydroxyl groups excluding tert-OH is 1. The van der Waals surface area contributed by atoms with Gasteiger partial charge in [0.1, 0.15) is 6.61 Å².